The van der Waals surface area contributed by atoms with Crippen LogP contribution in [0.1, 0.15) is 18.1 Å². The average molecular weight is 298 g/mol. The summed E-state index contributed by atoms with van der Waals surface area (Å²) in [6, 6.07) is 3.78. The molecule has 0 amide bonds. The van der Waals surface area contributed by atoms with Crippen LogP contribution in [0, 0.1) is 13.8 Å². The highest BCUT2D eigenvalue weighted by Crippen LogP contribution is 2.31. The summed E-state index contributed by atoms with van der Waals surface area (Å²) in [4.78, 5) is 0.270. The molecule has 0 bridgehead atoms. The van der Waals surface area contributed by atoms with Crippen LogP contribution < -0.4 is 10.1 Å². The van der Waals surface area contributed by atoms with E-state index in [4.69, 9.17) is 4.74 Å². The summed E-state index contributed by atoms with van der Waals surface area (Å²) < 4.78 is 32.5. The van der Waals surface area contributed by atoms with E-state index in [0.717, 1.165) is 11.1 Å². The van der Waals surface area contributed by atoms with Crippen LogP contribution >= 0.6 is 0 Å². The predicted octanol–water partition coefficient (Wildman–Crippen LogP) is 1.29. The zero-order chi connectivity index (χ0) is 14.9. The molecule has 0 spiro atoms. The fourth-order valence-corrected chi connectivity index (χ4v) is 4.47. The number of nitrogens with one attached hydrogen (secondary N) is 1. The molecule has 1 N–H and O–H groups in total. The average Bonchev–Trinajstić information content (AvgIpc) is 2.38. The van der Waals surface area contributed by atoms with Crippen LogP contribution in [0.4, 0.5) is 0 Å². The molecule has 0 saturated carbocycles. The van der Waals surface area contributed by atoms with Crippen molar-refractivity contribution in [3.05, 3.63) is 23.3 Å². The number of sulfonamides is 1. The van der Waals surface area contributed by atoms with Crippen molar-refractivity contribution in [2.75, 3.05) is 26.7 Å². The maximum absolute atomic E-state index is 12.8. The Balaban J connectivity index is 2.48. The van der Waals surface area contributed by atoms with Crippen molar-refractivity contribution < 1.29 is 13.2 Å². The van der Waals surface area contributed by atoms with Gasteiger partial charge in [-0.05, 0) is 38.0 Å². The van der Waals surface area contributed by atoms with E-state index in [1.54, 1.807) is 6.07 Å². The molecular formula is C14H22N2O3S. The molecule has 112 valence electrons. The lowest BCUT2D eigenvalue weighted by molar-refractivity contribution is 0.308. The third kappa shape index (κ3) is 2.82. The predicted molar refractivity (Wildman–Crippen MR) is 78.7 cm³/mol. The zero-order valence-corrected chi connectivity index (χ0v) is 13.3. The first-order valence-corrected chi connectivity index (χ1v) is 8.19. The van der Waals surface area contributed by atoms with Gasteiger partial charge in [-0.15, -0.1) is 0 Å². The molecule has 1 atom stereocenters. The van der Waals surface area contributed by atoms with E-state index in [-0.39, 0.29) is 10.9 Å². The molecule has 0 aromatic heterocycles. The normalized spacial score (nSPS) is 20.9. The fourth-order valence-electron chi connectivity index (χ4n) is 2.62. The van der Waals surface area contributed by atoms with Gasteiger partial charge in [-0.25, -0.2) is 8.42 Å². The Morgan fingerprint density at radius 3 is 2.65 bits per heavy atom. The monoisotopic (exact) mass is 298 g/mol. The van der Waals surface area contributed by atoms with E-state index in [2.05, 4.69) is 5.32 Å². The highest BCUT2D eigenvalue weighted by atomic mass is 32.2. The molecule has 20 heavy (non-hydrogen) atoms. The minimum absolute atomic E-state index is 0.162. The van der Waals surface area contributed by atoms with Crippen molar-refractivity contribution in [3.63, 3.8) is 0 Å². The second-order valence-electron chi connectivity index (χ2n) is 5.33. The molecule has 1 aromatic carbocycles. The van der Waals surface area contributed by atoms with Crippen LogP contribution in [0.15, 0.2) is 17.0 Å². The molecular weight excluding hydrogens is 276 g/mol. The van der Waals surface area contributed by atoms with Crippen LogP contribution in [0.2, 0.25) is 0 Å². The third-order valence-electron chi connectivity index (χ3n) is 3.54. The van der Waals surface area contributed by atoms with E-state index in [1.807, 2.05) is 26.8 Å². The second kappa shape index (κ2) is 5.71. The highest BCUT2D eigenvalue weighted by molar-refractivity contribution is 7.89. The molecule has 6 heteroatoms. The van der Waals surface area contributed by atoms with Gasteiger partial charge in [0.2, 0.25) is 10.0 Å². The summed E-state index contributed by atoms with van der Waals surface area (Å²) in [6.45, 7) is 7.40. The minimum Gasteiger partial charge on any atom is -0.495 e. The molecule has 1 saturated heterocycles. The van der Waals surface area contributed by atoms with Crippen molar-refractivity contribution in [1.29, 1.82) is 0 Å². The summed E-state index contributed by atoms with van der Waals surface area (Å²) >= 11 is 0. The molecule has 1 heterocycles. The Morgan fingerprint density at radius 1 is 1.35 bits per heavy atom. The standard InChI is InChI=1S/C14H22N2O3S/c1-10-7-11(2)14(19-4)13(8-10)20(17,18)16-6-5-15-12(3)9-16/h7-8,12,15H,5-6,9H2,1-4H3/t12-/m1/s1. The first-order valence-electron chi connectivity index (χ1n) is 6.75. The summed E-state index contributed by atoms with van der Waals surface area (Å²) in [6.07, 6.45) is 0. The Morgan fingerprint density at radius 2 is 2.05 bits per heavy atom. The molecule has 0 radical (unpaired) electrons. The number of piperazine rings is 1. The Labute approximate surface area is 121 Å². The van der Waals surface area contributed by atoms with Gasteiger partial charge in [0, 0.05) is 25.7 Å². The van der Waals surface area contributed by atoms with Crippen LogP contribution in [0.3, 0.4) is 0 Å². The van der Waals surface area contributed by atoms with Gasteiger partial charge in [-0.2, -0.15) is 4.31 Å². The SMILES string of the molecule is COc1c(C)cc(C)cc1S(=O)(=O)N1CCN[C@H](C)C1. The van der Waals surface area contributed by atoms with Crippen molar-refractivity contribution >= 4 is 10.0 Å². The Bertz CT molecular complexity index is 599. The molecule has 1 aliphatic rings. The number of benzene rings is 1. The molecule has 1 aromatic rings. The first-order chi connectivity index (χ1) is 9.36. The molecule has 2 rings (SSSR count). The number of aryl methyl sites for hydroxylation is 2. The summed E-state index contributed by atoms with van der Waals surface area (Å²) in [5.41, 5.74) is 1.76. The van der Waals surface area contributed by atoms with Gasteiger partial charge in [0.05, 0.1) is 7.11 Å². The first kappa shape index (κ1) is 15.3. The van der Waals surface area contributed by atoms with Gasteiger partial charge in [-0.3, -0.25) is 0 Å². The van der Waals surface area contributed by atoms with Crippen molar-refractivity contribution in [3.8, 4) is 5.75 Å². The quantitative estimate of drug-likeness (QED) is 0.913. The van der Waals surface area contributed by atoms with Crippen molar-refractivity contribution in [2.24, 2.45) is 0 Å². The van der Waals surface area contributed by atoms with Gasteiger partial charge in [0.1, 0.15) is 10.6 Å². The second-order valence-corrected chi connectivity index (χ2v) is 7.24. The lowest BCUT2D eigenvalue weighted by Crippen LogP contribution is -2.51. The third-order valence-corrected chi connectivity index (χ3v) is 5.41. The molecule has 5 nitrogen and oxygen atoms in total. The van der Waals surface area contributed by atoms with E-state index in [9.17, 15) is 8.42 Å². The number of nitrogens with zero attached hydrogens (tertiary/aromatic N) is 1. The topological polar surface area (TPSA) is 58.6 Å². The van der Waals surface area contributed by atoms with Crippen LogP contribution in [0.25, 0.3) is 0 Å². The van der Waals surface area contributed by atoms with E-state index in [0.29, 0.717) is 25.4 Å². The van der Waals surface area contributed by atoms with E-state index < -0.39 is 10.0 Å². The maximum atomic E-state index is 12.8. The molecule has 0 unspecified atom stereocenters. The van der Waals surface area contributed by atoms with Gasteiger partial charge >= 0.3 is 0 Å². The minimum atomic E-state index is -3.51. The van der Waals surface area contributed by atoms with Gasteiger partial charge in [0.15, 0.2) is 0 Å². The van der Waals surface area contributed by atoms with Gasteiger partial charge in [0.25, 0.3) is 0 Å². The number of rotatable bonds is 3. The van der Waals surface area contributed by atoms with E-state index >= 15 is 0 Å². The summed E-state index contributed by atoms with van der Waals surface area (Å²) in [5, 5.41) is 3.25. The fraction of sp³-hybridized carbons (Fsp3) is 0.571. The number of methoxy groups -OCH3 is 1. The maximum Gasteiger partial charge on any atom is 0.246 e. The highest BCUT2D eigenvalue weighted by Gasteiger charge is 2.31. The Kier molecular flexibility index (Phi) is 4.36. The number of ether oxygens (including phenoxy) is 1. The van der Waals surface area contributed by atoms with Gasteiger partial charge in [-0.1, -0.05) is 6.07 Å². The van der Waals surface area contributed by atoms with Crippen molar-refractivity contribution in [2.45, 2.75) is 31.7 Å². The number of hydrogen-bond donors (Lipinski definition) is 1. The molecule has 1 fully saturated rings. The zero-order valence-electron chi connectivity index (χ0n) is 12.4. The lowest BCUT2D eigenvalue weighted by Gasteiger charge is -2.31. The lowest BCUT2D eigenvalue weighted by atomic mass is 10.1. The number of hydrogen-bond acceptors (Lipinski definition) is 4. The smallest absolute Gasteiger partial charge is 0.246 e. The van der Waals surface area contributed by atoms with Crippen LogP contribution in [-0.2, 0) is 10.0 Å². The Hall–Kier alpha value is -1.11. The molecule has 1 aliphatic heterocycles. The van der Waals surface area contributed by atoms with Crippen LogP contribution in [-0.4, -0.2) is 45.5 Å². The summed E-state index contributed by atoms with van der Waals surface area (Å²) in [7, 11) is -2.00. The molecule has 0 aliphatic carbocycles. The van der Waals surface area contributed by atoms with Crippen molar-refractivity contribution in [1.82, 2.24) is 9.62 Å². The van der Waals surface area contributed by atoms with Gasteiger partial charge < -0.3 is 10.1 Å². The van der Waals surface area contributed by atoms with E-state index in [1.165, 1.54) is 11.4 Å². The largest absolute Gasteiger partial charge is 0.495 e. The summed E-state index contributed by atoms with van der Waals surface area (Å²) in [5.74, 6) is 0.446. The van der Waals surface area contributed by atoms with Crippen LogP contribution in [0.5, 0.6) is 5.75 Å².